The van der Waals surface area contributed by atoms with Crippen LogP contribution in [0.3, 0.4) is 0 Å². The van der Waals surface area contributed by atoms with Gasteiger partial charge in [-0.05, 0) is 63.2 Å². The number of carboxylic acids is 1. The van der Waals surface area contributed by atoms with E-state index in [-0.39, 0.29) is 25.7 Å². The number of carbonyl (C=O) groups is 5. The topological polar surface area (TPSA) is 262 Å². The van der Waals surface area contributed by atoms with Crippen LogP contribution >= 0.6 is 0 Å². The van der Waals surface area contributed by atoms with Gasteiger partial charge in [0, 0.05) is 29.9 Å². The summed E-state index contributed by atoms with van der Waals surface area (Å²) in [4.78, 5) is 65.8. The predicted molar refractivity (Wildman–Crippen MR) is 158 cm³/mol. The number of primary amides is 1. The summed E-state index contributed by atoms with van der Waals surface area (Å²) in [5, 5.41) is 18.2. The van der Waals surface area contributed by atoms with Crippen LogP contribution in [0.2, 0.25) is 0 Å². The van der Waals surface area contributed by atoms with Gasteiger partial charge in [0.05, 0.1) is 6.04 Å². The van der Waals surface area contributed by atoms with Crippen LogP contribution in [0.25, 0.3) is 10.9 Å². The number of carboxylic acid groups (broad SMARTS) is 1. The zero-order valence-corrected chi connectivity index (χ0v) is 23.8. The van der Waals surface area contributed by atoms with Gasteiger partial charge in [-0.2, -0.15) is 0 Å². The largest absolute Gasteiger partial charge is 0.480 e. The highest BCUT2D eigenvalue weighted by molar-refractivity contribution is 5.95. The zero-order valence-electron chi connectivity index (χ0n) is 23.8. The third-order valence-corrected chi connectivity index (χ3v) is 6.91. The Hall–Kier alpha value is -4.01. The van der Waals surface area contributed by atoms with E-state index >= 15 is 0 Å². The number of rotatable bonds is 20. The number of amides is 4. The normalized spacial score (nSPS) is 14.0. The monoisotopic (exact) mass is 588 g/mol. The van der Waals surface area contributed by atoms with E-state index in [1.807, 2.05) is 24.3 Å². The van der Waals surface area contributed by atoms with Gasteiger partial charge < -0.3 is 49.0 Å². The minimum atomic E-state index is -1.38. The molecule has 0 radical (unpaired) electrons. The second-order valence-corrected chi connectivity index (χ2v) is 10.3. The number of aromatic nitrogens is 1. The van der Waals surface area contributed by atoms with Crippen molar-refractivity contribution in [3.05, 3.63) is 36.0 Å². The van der Waals surface area contributed by atoms with Gasteiger partial charge in [-0.3, -0.25) is 19.2 Å². The van der Waals surface area contributed by atoms with Crippen LogP contribution in [-0.4, -0.2) is 76.9 Å². The number of aliphatic carboxylic acids is 1. The number of H-pyrrole nitrogens is 1. The molecule has 1 aromatic carbocycles. The molecule has 4 atom stereocenters. The fourth-order valence-corrected chi connectivity index (χ4v) is 4.50. The molecule has 2 aromatic rings. The SMILES string of the molecule is NCCCCC(N)C(=O)NC(Cc1c[nH]c2ccccc12)C(=O)NC(CCCCN)C(=O)NC(CCC(N)=O)C(=O)O. The van der Waals surface area contributed by atoms with Crippen molar-refractivity contribution < 1.29 is 29.1 Å². The number of aromatic amines is 1. The summed E-state index contributed by atoms with van der Waals surface area (Å²) in [5.74, 6) is -3.95. The Kier molecular flexibility index (Phi) is 14.4. The van der Waals surface area contributed by atoms with Gasteiger partial charge in [0.25, 0.3) is 0 Å². The van der Waals surface area contributed by atoms with Gasteiger partial charge in [0.2, 0.25) is 23.6 Å². The lowest BCUT2D eigenvalue weighted by Gasteiger charge is -2.25. The molecule has 0 saturated carbocycles. The lowest BCUT2D eigenvalue weighted by Crippen LogP contribution is -2.57. The minimum Gasteiger partial charge on any atom is -0.480 e. The van der Waals surface area contributed by atoms with Crippen LogP contribution in [0.4, 0.5) is 0 Å². The third-order valence-electron chi connectivity index (χ3n) is 6.91. The van der Waals surface area contributed by atoms with Gasteiger partial charge in [-0.15, -0.1) is 0 Å². The number of carbonyl (C=O) groups excluding carboxylic acids is 4. The number of benzene rings is 1. The second-order valence-electron chi connectivity index (χ2n) is 10.3. The number of para-hydroxylation sites is 1. The highest BCUT2D eigenvalue weighted by Gasteiger charge is 2.31. The van der Waals surface area contributed by atoms with Gasteiger partial charge >= 0.3 is 5.97 Å². The van der Waals surface area contributed by atoms with Crippen LogP contribution in [0.15, 0.2) is 30.5 Å². The Bertz CT molecular complexity index is 1200. The molecule has 0 aliphatic rings. The van der Waals surface area contributed by atoms with Crippen molar-refractivity contribution >= 4 is 40.5 Å². The van der Waals surface area contributed by atoms with Gasteiger partial charge in [-0.1, -0.05) is 24.6 Å². The molecule has 14 nitrogen and oxygen atoms in total. The summed E-state index contributed by atoms with van der Waals surface area (Å²) in [7, 11) is 0. The Morgan fingerprint density at radius 1 is 0.786 bits per heavy atom. The Morgan fingerprint density at radius 3 is 2.02 bits per heavy atom. The fraction of sp³-hybridized carbons (Fsp3) is 0.536. The average molecular weight is 589 g/mol. The number of fused-ring (bicyclic) bond motifs is 1. The first kappa shape index (κ1) is 34.2. The van der Waals surface area contributed by atoms with Crippen molar-refractivity contribution in [2.24, 2.45) is 22.9 Å². The van der Waals surface area contributed by atoms with Crippen LogP contribution in [-0.2, 0) is 30.4 Å². The van der Waals surface area contributed by atoms with E-state index in [2.05, 4.69) is 20.9 Å². The molecule has 42 heavy (non-hydrogen) atoms. The molecular formula is C28H44N8O6. The molecule has 13 N–H and O–H groups in total. The average Bonchev–Trinajstić information content (AvgIpc) is 3.36. The van der Waals surface area contributed by atoms with E-state index in [9.17, 15) is 29.1 Å². The van der Waals surface area contributed by atoms with Crippen molar-refractivity contribution in [2.75, 3.05) is 13.1 Å². The quantitative estimate of drug-likeness (QED) is 0.0866. The molecule has 0 aliphatic heterocycles. The van der Waals surface area contributed by atoms with Crippen LogP contribution in [0.1, 0.15) is 56.9 Å². The van der Waals surface area contributed by atoms with Crippen molar-refractivity contribution in [3.63, 3.8) is 0 Å². The molecule has 1 aromatic heterocycles. The summed E-state index contributed by atoms with van der Waals surface area (Å²) in [6.45, 7) is 0.832. The molecule has 4 unspecified atom stereocenters. The molecule has 0 bridgehead atoms. The summed E-state index contributed by atoms with van der Waals surface area (Å²) in [6, 6.07) is 3.04. The molecule has 4 amide bonds. The minimum absolute atomic E-state index is 0.102. The Balaban J connectivity index is 2.27. The van der Waals surface area contributed by atoms with Gasteiger partial charge in [0.15, 0.2) is 0 Å². The molecule has 232 valence electrons. The maximum atomic E-state index is 13.6. The van der Waals surface area contributed by atoms with Crippen LogP contribution < -0.4 is 38.9 Å². The molecule has 0 saturated heterocycles. The van der Waals surface area contributed by atoms with Crippen molar-refractivity contribution in [1.82, 2.24) is 20.9 Å². The predicted octanol–water partition coefficient (Wildman–Crippen LogP) is -0.900. The number of nitrogens with two attached hydrogens (primary N) is 4. The molecular weight excluding hydrogens is 544 g/mol. The first-order chi connectivity index (χ1) is 20.1. The van der Waals surface area contributed by atoms with Crippen LogP contribution in [0, 0.1) is 0 Å². The van der Waals surface area contributed by atoms with Crippen molar-refractivity contribution in [2.45, 2.75) is 82.0 Å². The molecule has 14 heteroatoms. The van der Waals surface area contributed by atoms with Crippen molar-refractivity contribution in [3.8, 4) is 0 Å². The number of hydrogen-bond acceptors (Lipinski definition) is 8. The lowest BCUT2D eigenvalue weighted by atomic mass is 10.0. The Morgan fingerprint density at radius 2 is 1.38 bits per heavy atom. The summed E-state index contributed by atoms with van der Waals surface area (Å²) in [6.07, 6.45) is 4.35. The molecule has 0 aliphatic carbocycles. The van der Waals surface area contributed by atoms with Crippen LogP contribution in [0.5, 0.6) is 0 Å². The number of nitrogens with one attached hydrogen (secondary N) is 4. The third kappa shape index (κ3) is 11.1. The highest BCUT2D eigenvalue weighted by atomic mass is 16.4. The summed E-state index contributed by atoms with van der Waals surface area (Å²) in [5.41, 5.74) is 24.0. The first-order valence-electron chi connectivity index (χ1n) is 14.2. The van der Waals surface area contributed by atoms with E-state index in [4.69, 9.17) is 22.9 Å². The van der Waals surface area contributed by atoms with E-state index in [0.717, 1.165) is 16.5 Å². The van der Waals surface area contributed by atoms with E-state index in [1.165, 1.54) is 0 Å². The maximum Gasteiger partial charge on any atom is 0.326 e. The molecule has 2 rings (SSSR count). The summed E-state index contributed by atoms with van der Waals surface area (Å²) < 4.78 is 0. The van der Waals surface area contributed by atoms with E-state index < -0.39 is 53.8 Å². The van der Waals surface area contributed by atoms with Gasteiger partial charge in [0.1, 0.15) is 18.1 Å². The smallest absolute Gasteiger partial charge is 0.326 e. The standard InChI is InChI=1S/C28H44N8O6/c29-13-5-3-8-19(31)25(38)36-23(15-17-16-33-20-9-2-1-7-18(17)20)27(40)34-21(10-4-6-14-30)26(39)35-22(28(41)42)11-12-24(32)37/h1-2,7,9,16,19,21-23,33H,3-6,8,10-15,29-31H2,(H2,32,37)(H,34,40)(H,35,39)(H,36,38)(H,41,42). The lowest BCUT2D eigenvalue weighted by molar-refractivity contribution is -0.142. The van der Waals surface area contributed by atoms with Gasteiger partial charge in [-0.25, -0.2) is 4.79 Å². The molecule has 0 fully saturated rings. The Labute approximate surface area is 244 Å². The summed E-state index contributed by atoms with van der Waals surface area (Å²) >= 11 is 0. The second kappa shape index (κ2) is 17.7. The zero-order chi connectivity index (χ0) is 31.1. The first-order valence-corrected chi connectivity index (χ1v) is 14.2. The number of hydrogen-bond donors (Lipinski definition) is 9. The molecule has 0 spiro atoms. The van der Waals surface area contributed by atoms with E-state index in [0.29, 0.717) is 45.2 Å². The fourth-order valence-electron chi connectivity index (χ4n) is 4.50. The van der Waals surface area contributed by atoms with Crippen molar-refractivity contribution in [1.29, 1.82) is 0 Å². The number of unbranched alkanes of at least 4 members (excludes halogenated alkanes) is 2. The maximum absolute atomic E-state index is 13.6. The molecule has 1 heterocycles. The van der Waals surface area contributed by atoms with E-state index in [1.54, 1.807) is 6.20 Å². The highest BCUT2D eigenvalue weighted by Crippen LogP contribution is 2.19.